The third-order valence-electron chi connectivity index (χ3n) is 4.59. The fourth-order valence-corrected chi connectivity index (χ4v) is 4.17. The van der Waals surface area contributed by atoms with Gasteiger partial charge in [-0.1, -0.05) is 12.1 Å². The van der Waals surface area contributed by atoms with E-state index in [0.717, 1.165) is 46.8 Å². The van der Waals surface area contributed by atoms with E-state index in [4.69, 9.17) is 0 Å². The minimum absolute atomic E-state index is 0.631. The summed E-state index contributed by atoms with van der Waals surface area (Å²) >= 11 is 1.72. The van der Waals surface area contributed by atoms with Gasteiger partial charge in [-0.25, -0.2) is 9.67 Å². The Morgan fingerprint density at radius 1 is 1.14 bits per heavy atom. The standard InChI is InChI=1S/C21H25N7S/c1-22-21-25-17-14-18(15-6-8-16(9-7-15)28-13-5-11-24-28)29-19(17)20(26-21)23-10-4-12-27(2)3/h5-9,11,13-14H,4,10,12H2,1-3H3,(H2,22,23,25,26). The van der Waals surface area contributed by atoms with Gasteiger partial charge >= 0.3 is 0 Å². The van der Waals surface area contributed by atoms with Crippen molar-refractivity contribution in [3.63, 3.8) is 0 Å². The van der Waals surface area contributed by atoms with Crippen molar-refractivity contribution in [2.45, 2.75) is 6.42 Å². The van der Waals surface area contributed by atoms with E-state index >= 15 is 0 Å². The minimum atomic E-state index is 0.631. The van der Waals surface area contributed by atoms with Crippen LogP contribution in [0.3, 0.4) is 0 Å². The number of aromatic nitrogens is 4. The maximum atomic E-state index is 4.64. The number of benzene rings is 1. The van der Waals surface area contributed by atoms with Gasteiger partial charge in [0.15, 0.2) is 0 Å². The van der Waals surface area contributed by atoms with E-state index in [1.807, 2.05) is 24.0 Å². The van der Waals surface area contributed by atoms with Crippen LogP contribution in [-0.2, 0) is 0 Å². The summed E-state index contributed by atoms with van der Waals surface area (Å²) in [4.78, 5) is 12.6. The zero-order chi connectivity index (χ0) is 20.2. The molecule has 0 atom stereocenters. The van der Waals surface area contributed by atoms with Crippen molar-refractivity contribution in [2.24, 2.45) is 0 Å². The first-order chi connectivity index (χ1) is 14.1. The number of hydrogen-bond donors (Lipinski definition) is 2. The van der Waals surface area contributed by atoms with Gasteiger partial charge in [0.25, 0.3) is 0 Å². The Kier molecular flexibility index (Phi) is 5.73. The zero-order valence-electron chi connectivity index (χ0n) is 16.9. The summed E-state index contributed by atoms with van der Waals surface area (Å²) in [5.41, 5.74) is 3.16. The second-order valence-electron chi connectivity index (χ2n) is 7.05. The third kappa shape index (κ3) is 4.38. The quantitative estimate of drug-likeness (QED) is 0.431. The van der Waals surface area contributed by atoms with E-state index in [2.05, 4.69) is 75.0 Å². The number of rotatable bonds is 8. The van der Waals surface area contributed by atoms with Gasteiger partial charge < -0.3 is 15.5 Å². The summed E-state index contributed by atoms with van der Waals surface area (Å²) < 4.78 is 2.94. The van der Waals surface area contributed by atoms with E-state index in [1.54, 1.807) is 17.5 Å². The second-order valence-corrected chi connectivity index (χ2v) is 8.10. The Balaban J connectivity index is 1.61. The van der Waals surface area contributed by atoms with Gasteiger partial charge in [0.05, 0.1) is 15.9 Å². The molecular weight excluding hydrogens is 382 g/mol. The summed E-state index contributed by atoms with van der Waals surface area (Å²) in [6, 6.07) is 12.5. The highest BCUT2D eigenvalue weighted by Crippen LogP contribution is 2.36. The largest absolute Gasteiger partial charge is 0.369 e. The molecule has 0 amide bonds. The first kappa shape index (κ1) is 19.4. The molecule has 0 bridgehead atoms. The monoisotopic (exact) mass is 407 g/mol. The van der Waals surface area contributed by atoms with Crippen molar-refractivity contribution < 1.29 is 0 Å². The van der Waals surface area contributed by atoms with Crippen LogP contribution in [0.1, 0.15) is 6.42 Å². The molecule has 2 N–H and O–H groups in total. The van der Waals surface area contributed by atoms with Gasteiger partial charge in [-0.3, -0.25) is 0 Å². The molecule has 1 aromatic carbocycles. The van der Waals surface area contributed by atoms with Crippen LogP contribution in [0.15, 0.2) is 48.8 Å². The fourth-order valence-electron chi connectivity index (χ4n) is 3.11. The minimum Gasteiger partial charge on any atom is -0.369 e. The summed E-state index contributed by atoms with van der Waals surface area (Å²) in [5.74, 6) is 1.52. The molecule has 3 aromatic heterocycles. The molecule has 0 aliphatic heterocycles. The van der Waals surface area contributed by atoms with Gasteiger partial charge in [0.1, 0.15) is 5.82 Å². The summed E-state index contributed by atoms with van der Waals surface area (Å²) in [7, 11) is 6.02. The molecule has 0 radical (unpaired) electrons. The van der Waals surface area contributed by atoms with E-state index in [1.165, 1.54) is 4.88 Å². The Morgan fingerprint density at radius 2 is 1.97 bits per heavy atom. The van der Waals surface area contributed by atoms with Crippen LogP contribution < -0.4 is 10.6 Å². The molecule has 0 saturated heterocycles. The number of nitrogens with zero attached hydrogens (tertiary/aromatic N) is 5. The lowest BCUT2D eigenvalue weighted by molar-refractivity contribution is 0.405. The van der Waals surface area contributed by atoms with Crippen LogP contribution >= 0.6 is 11.3 Å². The Morgan fingerprint density at radius 3 is 2.66 bits per heavy atom. The van der Waals surface area contributed by atoms with E-state index in [9.17, 15) is 0 Å². The van der Waals surface area contributed by atoms with Gasteiger partial charge in [0, 0.05) is 30.9 Å². The van der Waals surface area contributed by atoms with Crippen molar-refractivity contribution in [2.75, 3.05) is 44.9 Å². The molecule has 0 unspecified atom stereocenters. The predicted octanol–water partition coefficient (Wildman–Crippen LogP) is 3.95. The Bertz CT molecular complexity index is 1070. The van der Waals surface area contributed by atoms with Crippen molar-refractivity contribution in [3.8, 4) is 16.1 Å². The zero-order valence-corrected chi connectivity index (χ0v) is 17.7. The molecular formula is C21H25N7S. The van der Waals surface area contributed by atoms with Crippen LogP contribution in [-0.4, -0.2) is 58.9 Å². The molecule has 0 saturated carbocycles. The van der Waals surface area contributed by atoms with Crippen LogP contribution in [0.25, 0.3) is 26.3 Å². The summed E-state index contributed by atoms with van der Waals surface area (Å²) in [6.45, 7) is 1.91. The van der Waals surface area contributed by atoms with Crippen molar-refractivity contribution in [1.82, 2.24) is 24.6 Å². The maximum Gasteiger partial charge on any atom is 0.225 e. The lowest BCUT2D eigenvalue weighted by Gasteiger charge is -2.11. The number of thiophene rings is 1. The molecule has 4 rings (SSSR count). The van der Waals surface area contributed by atoms with Crippen molar-refractivity contribution >= 4 is 33.3 Å². The molecule has 4 aromatic rings. The maximum absolute atomic E-state index is 4.64. The average molecular weight is 408 g/mol. The Labute approximate surface area is 174 Å². The van der Waals surface area contributed by atoms with E-state index in [0.29, 0.717) is 5.95 Å². The fraction of sp³-hybridized carbons (Fsp3) is 0.286. The molecule has 0 spiro atoms. The number of anilines is 2. The number of hydrogen-bond acceptors (Lipinski definition) is 7. The topological polar surface area (TPSA) is 70.9 Å². The van der Waals surface area contributed by atoms with Crippen molar-refractivity contribution in [1.29, 1.82) is 0 Å². The van der Waals surface area contributed by atoms with Gasteiger partial charge in [-0.2, -0.15) is 10.1 Å². The van der Waals surface area contributed by atoms with E-state index in [-0.39, 0.29) is 0 Å². The molecule has 7 nitrogen and oxygen atoms in total. The molecule has 150 valence electrons. The van der Waals surface area contributed by atoms with Gasteiger partial charge in [0.2, 0.25) is 5.95 Å². The molecule has 8 heteroatoms. The molecule has 0 aliphatic carbocycles. The molecule has 0 aliphatic rings. The highest BCUT2D eigenvalue weighted by Gasteiger charge is 2.13. The van der Waals surface area contributed by atoms with Crippen molar-refractivity contribution in [3.05, 3.63) is 48.8 Å². The predicted molar refractivity (Wildman–Crippen MR) is 121 cm³/mol. The van der Waals surface area contributed by atoms with Crippen LogP contribution in [0.4, 0.5) is 11.8 Å². The number of fused-ring (bicyclic) bond motifs is 1. The summed E-state index contributed by atoms with van der Waals surface area (Å²) in [6.07, 6.45) is 4.78. The normalized spacial score (nSPS) is 11.3. The lowest BCUT2D eigenvalue weighted by Crippen LogP contribution is -2.16. The highest BCUT2D eigenvalue weighted by molar-refractivity contribution is 7.22. The molecule has 0 fully saturated rings. The SMILES string of the molecule is CNc1nc(NCCCN(C)C)c2sc(-c3ccc(-n4cccn4)cc3)cc2n1. The van der Waals surface area contributed by atoms with Crippen LogP contribution in [0.5, 0.6) is 0 Å². The summed E-state index contributed by atoms with van der Waals surface area (Å²) in [5, 5.41) is 10.8. The Hall–Kier alpha value is -2.97. The smallest absolute Gasteiger partial charge is 0.225 e. The van der Waals surface area contributed by atoms with Crippen LogP contribution in [0, 0.1) is 0 Å². The van der Waals surface area contributed by atoms with Gasteiger partial charge in [-0.15, -0.1) is 11.3 Å². The van der Waals surface area contributed by atoms with Gasteiger partial charge in [-0.05, 0) is 56.9 Å². The number of nitrogens with one attached hydrogen (secondary N) is 2. The third-order valence-corrected chi connectivity index (χ3v) is 5.77. The molecule has 29 heavy (non-hydrogen) atoms. The highest BCUT2D eigenvalue weighted by atomic mass is 32.1. The second kappa shape index (κ2) is 8.59. The van der Waals surface area contributed by atoms with E-state index < -0.39 is 0 Å². The first-order valence-corrected chi connectivity index (χ1v) is 10.4. The lowest BCUT2D eigenvalue weighted by atomic mass is 10.1. The first-order valence-electron chi connectivity index (χ1n) is 9.62. The molecule has 3 heterocycles. The average Bonchev–Trinajstić information content (AvgIpc) is 3.41. The van der Waals surface area contributed by atoms with Crippen LogP contribution in [0.2, 0.25) is 0 Å².